The minimum atomic E-state index is -2.91. The first-order chi connectivity index (χ1) is 14.8. The van der Waals surface area contributed by atoms with Crippen molar-refractivity contribution in [3.8, 4) is 0 Å². The van der Waals surface area contributed by atoms with Gasteiger partial charge in [0.15, 0.2) is 0 Å². The molecule has 31 heavy (non-hydrogen) atoms. The first-order valence-corrected chi connectivity index (χ1v) is 12.6. The second-order valence-corrected chi connectivity index (χ2v) is 11.0. The molecule has 5 nitrogen and oxygen atoms in total. The third-order valence-electron chi connectivity index (χ3n) is 6.24. The lowest BCUT2D eigenvalue weighted by molar-refractivity contribution is -0.115. The first kappa shape index (κ1) is 21.6. The Kier molecular flexibility index (Phi) is 6.19. The molecule has 4 rings (SSSR count). The van der Waals surface area contributed by atoms with E-state index in [0.29, 0.717) is 37.2 Å². The van der Waals surface area contributed by atoms with E-state index in [2.05, 4.69) is 5.32 Å². The van der Waals surface area contributed by atoms with Crippen LogP contribution in [0.25, 0.3) is 5.57 Å². The maximum atomic E-state index is 13.1. The molecule has 0 aliphatic carbocycles. The molecule has 1 unspecified atom stereocenters. The smallest absolute Gasteiger partial charge is 0.255 e. The van der Waals surface area contributed by atoms with Crippen LogP contribution < -0.4 is 5.32 Å². The van der Waals surface area contributed by atoms with Crippen molar-refractivity contribution in [1.29, 1.82) is 0 Å². The van der Waals surface area contributed by atoms with Crippen molar-refractivity contribution >= 4 is 21.3 Å². The average molecular weight is 440 g/mol. The Balaban J connectivity index is 1.64. The molecule has 2 heterocycles. The van der Waals surface area contributed by atoms with Crippen molar-refractivity contribution in [2.75, 3.05) is 11.5 Å². The van der Waals surface area contributed by atoms with Crippen LogP contribution in [0, 0.1) is 19.8 Å². The zero-order chi connectivity index (χ0) is 22.0. The van der Waals surface area contributed by atoms with Crippen LogP contribution in [-0.2, 0) is 26.0 Å². The summed E-state index contributed by atoms with van der Waals surface area (Å²) in [5.41, 5.74) is 4.65. The predicted octanol–water partition coefficient (Wildman–Crippen LogP) is 3.94. The highest BCUT2D eigenvalue weighted by molar-refractivity contribution is 7.91. The van der Waals surface area contributed by atoms with Crippen LogP contribution in [0.2, 0.25) is 0 Å². The van der Waals surface area contributed by atoms with Crippen LogP contribution in [0.4, 0.5) is 0 Å². The van der Waals surface area contributed by atoms with E-state index < -0.39 is 9.84 Å². The van der Waals surface area contributed by atoms with Crippen LogP contribution in [0.1, 0.15) is 41.5 Å². The normalized spacial score (nSPS) is 21.2. The van der Waals surface area contributed by atoms with Gasteiger partial charge in [-0.1, -0.05) is 54.1 Å². The lowest BCUT2D eigenvalue weighted by Crippen LogP contribution is -2.34. The van der Waals surface area contributed by atoms with Crippen molar-refractivity contribution in [1.82, 2.24) is 5.32 Å². The zero-order valence-corrected chi connectivity index (χ0v) is 18.9. The number of ether oxygens (including phenoxy) is 1. The summed E-state index contributed by atoms with van der Waals surface area (Å²) in [7, 11) is -2.91. The Morgan fingerprint density at radius 2 is 1.74 bits per heavy atom. The van der Waals surface area contributed by atoms with Crippen molar-refractivity contribution in [3.05, 3.63) is 76.5 Å². The number of carbonyl (C=O) groups excluding carboxylic acids is 1. The van der Waals surface area contributed by atoms with Crippen LogP contribution in [-0.4, -0.2) is 31.9 Å². The van der Waals surface area contributed by atoms with E-state index in [1.165, 1.54) is 0 Å². The fourth-order valence-corrected chi connectivity index (χ4v) is 6.01. The summed E-state index contributed by atoms with van der Waals surface area (Å²) in [5, 5.41) is 3.12. The number of nitrogens with one attached hydrogen (secondary N) is 1. The monoisotopic (exact) mass is 439 g/mol. The molecule has 1 saturated heterocycles. The van der Waals surface area contributed by atoms with Crippen molar-refractivity contribution < 1.29 is 17.9 Å². The van der Waals surface area contributed by atoms with Gasteiger partial charge in [0, 0.05) is 0 Å². The Hall–Kier alpha value is -2.60. The van der Waals surface area contributed by atoms with Crippen molar-refractivity contribution in [2.45, 2.75) is 45.8 Å². The van der Waals surface area contributed by atoms with E-state index in [9.17, 15) is 13.2 Å². The molecule has 2 aliphatic heterocycles. The molecule has 164 valence electrons. The largest absolute Gasteiger partial charge is 0.490 e. The van der Waals surface area contributed by atoms with Crippen molar-refractivity contribution in [3.63, 3.8) is 0 Å². The average Bonchev–Trinajstić information content (AvgIpc) is 3.05. The maximum absolute atomic E-state index is 13.1. The number of rotatable bonds is 6. The highest BCUT2D eigenvalue weighted by Gasteiger charge is 2.37. The van der Waals surface area contributed by atoms with E-state index in [0.717, 1.165) is 22.3 Å². The fourth-order valence-electron chi connectivity index (χ4n) is 4.42. The molecule has 0 radical (unpaired) electrons. The Morgan fingerprint density at radius 1 is 1.03 bits per heavy atom. The molecule has 0 saturated carbocycles. The summed E-state index contributed by atoms with van der Waals surface area (Å²) >= 11 is 0. The zero-order valence-electron chi connectivity index (χ0n) is 18.1. The molecule has 2 aromatic carbocycles. The van der Waals surface area contributed by atoms with Crippen LogP contribution in [0.5, 0.6) is 0 Å². The molecule has 2 aromatic rings. The number of amides is 1. The standard InChI is InChI=1S/C25H29NO4S/c1-17-8-9-18(2)21(14-17)23-24(30-16-20-6-4-3-5-7-20)22(26-25(23)27)15-19-10-12-31(28,29)13-11-19/h3-9,14,19,22H,10-13,15-16H2,1-2H3,(H,26,27). The quantitative estimate of drug-likeness (QED) is 0.740. The Labute approximate surface area is 184 Å². The van der Waals surface area contributed by atoms with Gasteiger partial charge in [-0.2, -0.15) is 0 Å². The van der Waals surface area contributed by atoms with Gasteiger partial charge in [0.2, 0.25) is 0 Å². The topological polar surface area (TPSA) is 72.5 Å². The molecule has 0 bridgehead atoms. The Bertz CT molecular complexity index is 1090. The molecule has 6 heteroatoms. The minimum absolute atomic E-state index is 0.120. The van der Waals surface area contributed by atoms with Crippen molar-refractivity contribution in [2.24, 2.45) is 5.92 Å². The van der Waals surface area contributed by atoms with E-state index in [1.54, 1.807) is 0 Å². The van der Waals surface area contributed by atoms with E-state index >= 15 is 0 Å². The number of aryl methyl sites for hydroxylation is 2. The lowest BCUT2D eigenvalue weighted by atomic mass is 9.92. The van der Waals surface area contributed by atoms with Gasteiger partial charge in [0.25, 0.3) is 5.91 Å². The molecular weight excluding hydrogens is 410 g/mol. The molecule has 1 atom stereocenters. The Morgan fingerprint density at radius 3 is 2.45 bits per heavy atom. The third-order valence-corrected chi connectivity index (χ3v) is 7.95. The SMILES string of the molecule is Cc1ccc(C)c(C2=C(OCc3ccccc3)C(CC3CCS(=O)(=O)CC3)NC2=O)c1. The number of carbonyl (C=O) groups is 1. The lowest BCUT2D eigenvalue weighted by Gasteiger charge is -2.26. The molecule has 1 amide bonds. The molecule has 0 spiro atoms. The van der Waals surface area contributed by atoms with Gasteiger partial charge >= 0.3 is 0 Å². The highest BCUT2D eigenvalue weighted by Crippen LogP contribution is 2.35. The number of sulfone groups is 1. The predicted molar refractivity (Wildman–Crippen MR) is 122 cm³/mol. The first-order valence-electron chi connectivity index (χ1n) is 10.8. The van der Waals surface area contributed by atoms with Crippen LogP contribution in [0.15, 0.2) is 54.3 Å². The van der Waals surface area contributed by atoms with Crippen LogP contribution >= 0.6 is 0 Å². The number of benzene rings is 2. The summed E-state index contributed by atoms with van der Waals surface area (Å²) in [6.45, 7) is 4.40. The summed E-state index contributed by atoms with van der Waals surface area (Å²) in [6.07, 6.45) is 1.97. The highest BCUT2D eigenvalue weighted by atomic mass is 32.2. The number of hydrogen-bond acceptors (Lipinski definition) is 4. The summed E-state index contributed by atoms with van der Waals surface area (Å²) < 4.78 is 29.9. The second-order valence-electron chi connectivity index (χ2n) is 8.69. The third kappa shape index (κ3) is 5.01. The molecular formula is C25H29NO4S. The van der Waals surface area contributed by atoms with Gasteiger partial charge < -0.3 is 10.1 Å². The summed E-state index contributed by atoms with van der Waals surface area (Å²) in [5.74, 6) is 1.27. The summed E-state index contributed by atoms with van der Waals surface area (Å²) in [6, 6.07) is 15.8. The van der Waals surface area contributed by atoms with E-state index in [1.807, 2.05) is 62.4 Å². The fraction of sp³-hybridized carbons (Fsp3) is 0.400. The van der Waals surface area contributed by atoms with Gasteiger partial charge in [0.05, 0.1) is 23.1 Å². The maximum Gasteiger partial charge on any atom is 0.255 e. The molecule has 2 aliphatic rings. The van der Waals surface area contributed by atoms with Gasteiger partial charge in [0.1, 0.15) is 22.2 Å². The van der Waals surface area contributed by atoms with Gasteiger partial charge in [-0.25, -0.2) is 8.42 Å². The second kappa shape index (κ2) is 8.87. The number of hydrogen-bond donors (Lipinski definition) is 1. The molecule has 0 aromatic heterocycles. The van der Waals surface area contributed by atoms with E-state index in [-0.39, 0.29) is 29.4 Å². The minimum Gasteiger partial charge on any atom is -0.490 e. The summed E-state index contributed by atoms with van der Waals surface area (Å²) in [4.78, 5) is 13.1. The van der Waals surface area contributed by atoms with Gasteiger partial charge in [-0.05, 0) is 55.7 Å². The van der Waals surface area contributed by atoms with Gasteiger partial charge in [-0.3, -0.25) is 4.79 Å². The molecule has 1 N–H and O–H groups in total. The van der Waals surface area contributed by atoms with E-state index in [4.69, 9.17) is 4.74 Å². The van der Waals surface area contributed by atoms with Gasteiger partial charge in [-0.15, -0.1) is 0 Å². The molecule has 1 fully saturated rings. The van der Waals surface area contributed by atoms with Crippen LogP contribution in [0.3, 0.4) is 0 Å².